The van der Waals surface area contributed by atoms with E-state index in [0.29, 0.717) is 11.7 Å². The second kappa shape index (κ2) is 6.05. The number of aliphatic imine (C=N–C) groups is 1. The van der Waals surface area contributed by atoms with E-state index in [1.54, 1.807) is 28.7 Å². The van der Waals surface area contributed by atoms with Crippen molar-refractivity contribution in [3.63, 3.8) is 0 Å². The van der Waals surface area contributed by atoms with Crippen molar-refractivity contribution in [3.05, 3.63) is 64.6 Å². The molecule has 0 saturated carbocycles. The summed E-state index contributed by atoms with van der Waals surface area (Å²) in [6, 6.07) is 14.0. The molecule has 0 saturated heterocycles. The number of thiazole rings is 1. The highest BCUT2D eigenvalue weighted by Gasteiger charge is 2.20. The Bertz CT molecular complexity index is 1220. The van der Waals surface area contributed by atoms with Crippen LogP contribution in [0.5, 0.6) is 0 Å². The number of hydrogen-bond acceptors (Lipinski definition) is 6. The van der Waals surface area contributed by atoms with Crippen LogP contribution in [-0.2, 0) is 4.79 Å². The summed E-state index contributed by atoms with van der Waals surface area (Å²) in [6.07, 6.45) is 1.78. The third kappa shape index (κ3) is 2.77. The number of nitrogens with one attached hydrogen (secondary N) is 2. The van der Waals surface area contributed by atoms with Gasteiger partial charge in [0.25, 0.3) is 5.91 Å². The quantitative estimate of drug-likeness (QED) is 0.508. The van der Waals surface area contributed by atoms with Crippen LogP contribution in [0.4, 0.5) is 5.69 Å². The fraction of sp³-hybridized carbons (Fsp3) is 0. The third-order valence-electron chi connectivity index (χ3n) is 4.07. The molecule has 2 aromatic carbocycles. The zero-order valence-electron chi connectivity index (χ0n) is 13.4. The molecule has 2 aromatic heterocycles. The van der Waals surface area contributed by atoms with Crippen molar-refractivity contribution in [3.8, 4) is 0 Å². The first kappa shape index (κ1) is 15.2. The van der Waals surface area contributed by atoms with Crippen LogP contribution < -0.4 is 10.6 Å². The van der Waals surface area contributed by atoms with Gasteiger partial charge in [-0.15, -0.1) is 22.7 Å². The minimum absolute atomic E-state index is 0.214. The van der Waals surface area contributed by atoms with Gasteiger partial charge in [0.1, 0.15) is 5.70 Å². The maximum atomic E-state index is 12.2. The Balaban J connectivity index is 1.42. The van der Waals surface area contributed by atoms with Gasteiger partial charge in [-0.25, -0.2) is 9.98 Å². The van der Waals surface area contributed by atoms with E-state index in [-0.39, 0.29) is 5.91 Å². The number of fused-ring (bicyclic) bond motifs is 2. The Labute approximate surface area is 156 Å². The van der Waals surface area contributed by atoms with Crippen molar-refractivity contribution in [2.45, 2.75) is 0 Å². The highest BCUT2D eigenvalue weighted by atomic mass is 32.1. The fourth-order valence-electron chi connectivity index (χ4n) is 2.83. The Morgan fingerprint density at radius 2 is 2.00 bits per heavy atom. The molecule has 4 aromatic rings. The summed E-state index contributed by atoms with van der Waals surface area (Å²) in [5, 5.41) is 9.16. The predicted octanol–water partition coefficient (Wildman–Crippen LogP) is 4.45. The number of thiophene rings is 1. The van der Waals surface area contributed by atoms with Gasteiger partial charge < -0.3 is 5.32 Å². The number of amides is 1. The van der Waals surface area contributed by atoms with Crippen molar-refractivity contribution >= 4 is 66.6 Å². The van der Waals surface area contributed by atoms with Crippen LogP contribution in [0, 0.1) is 0 Å². The molecular weight excluding hydrogens is 364 g/mol. The highest BCUT2D eigenvalue weighted by Crippen LogP contribution is 2.25. The molecule has 26 heavy (non-hydrogen) atoms. The molecule has 5 nitrogen and oxygen atoms in total. The predicted molar refractivity (Wildman–Crippen MR) is 109 cm³/mol. The van der Waals surface area contributed by atoms with Crippen LogP contribution in [0.2, 0.25) is 0 Å². The molecule has 5 rings (SSSR count). The number of nitrogens with zero attached hydrogens (tertiary/aromatic N) is 2. The molecule has 2 N–H and O–H groups in total. The monoisotopic (exact) mass is 376 g/mol. The van der Waals surface area contributed by atoms with Crippen LogP contribution in [0.15, 0.2) is 64.0 Å². The van der Waals surface area contributed by atoms with Crippen molar-refractivity contribution in [1.82, 2.24) is 10.3 Å². The normalized spacial score (nSPS) is 15.6. The molecule has 0 spiro atoms. The van der Waals surface area contributed by atoms with Gasteiger partial charge in [0, 0.05) is 10.4 Å². The number of benzene rings is 2. The molecule has 1 amide bonds. The van der Waals surface area contributed by atoms with Crippen molar-refractivity contribution in [2.24, 2.45) is 4.99 Å². The van der Waals surface area contributed by atoms with E-state index in [2.05, 4.69) is 38.1 Å². The standard InChI is InChI=1S/C19H12N4OS2/c24-18-15(7-11-1-3-14-17(8-11)26-10-20-14)22-19(23-18)21-13-2-4-16-12(9-13)5-6-25-16/h1-10H,(H2,21,22,23,24)/b15-7-. The molecule has 0 bridgehead atoms. The lowest BCUT2D eigenvalue weighted by molar-refractivity contribution is -0.115. The molecular formula is C19H12N4OS2. The number of aromatic nitrogens is 1. The first-order valence-electron chi connectivity index (χ1n) is 7.94. The van der Waals surface area contributed by atoms with Crippen LogP contribution in [-0.4, -0.2) is 16.9 Å². The van der Waals surface area contributed by atoms with Gasteiger partial charge in [-0.05, 0) is 58.8 Å². The van der Waals surface area contributed by atoms with Gasteiger partial charge in [0.15, 0.2) is 0 Å². The first-order valence-corrected chi connectivity index (χ1v) is 9.70. The van der Waals surface area contributed by atoms with Crippen LogP contribution in [0.3, 0.4) is 0 Å². The molecule has 126 valence electrons. The minimum Gasteiger partial charge on any atom is -0.326 e. The zero-order chi connectivity index (χ0) is 17.5. The summed E-state index contributed by atoms with van der Waals surface area (Å²) in [7, 11) is 0. The van der Waals surface area contributed by atoms with E-state index in [9.17, 15) is 4.79 Å². The first-order chi connectivity index (χ1) is 12.7. The van der Waals surface area contributed by atoms with Gasteiger partial charge in [0.2, 0.25) is 5.96 Å². The number of guanidine groups is 1. The van der Waals surface area contributed by atoms with Gasteiger partial charge in [-0.1, -0.05) is 6.07 Å². The summed E-state index contributed by atoms with van der Waals surface area (Å²) in [5.41, 5.74) is 4.98. The Hall–Kier alpha value is -3.03. The van der Waals surface area contributed by atoms with Crippen LogP contribution >= 0.6 is 22.7 Å². The van der Waals surface area contributed by atoms with Gasteiger partial charge >= 0.3 is 0 Å². The molecule has 0 radical (unpaired) electrons. The van der Waals surface area contributed by atoms with Gasteiger partial charge in [-0.3, -0.25) is 10.1 Å². The third-order valence-corrected chi connectivity index (χ3v) is 5.76. The zero-order valence-corrected chi connectivity index (χ0v) is 15.0. The molecule has 0 fully saturated rings. The number of carbonyl (C=O) groups is 1. The summed E-state index contributed by atoms with van der Waals surface area (Å²) in [6.45, 7) is 0. The number of anilines is 1. The average Bonchev–Trinajstić information content (AvgIpc) is 3.35. The van der Waals surface area contributed by atoms with Crippen LogP contribution in [0.25, 0.3) is 26.4 Å². The SMILES string of the molecule is O=C1NC(Nc2ccc3sccc3c2)=N/C1=C\c1ccc2ncsc2c1. The minimum atomic E-state index is -0.214. The molecule has 1 aliphatic rings. The van der Waals surface area contributed by atoms with Gasteiger partial charge in [-0.2, -0.15) is 0 Å². The molecule has 7 heteroatoms. The lowest BCUT2D eigenvalue weighted by atomic mass is 10.2. The maximum absolute atomic E-state index is 12.2. The Morgan fingerprint density at radius 3 is 2.96 bits per heavy atom. The lowest BCUT2D eigenvalue weighted by Gasteiger charge is -2.05. The van der Waals surface area contributed by atoms with E-state index in [1.807, 2.05) is 35.8 Å². The highest BCUT2D eigenvalue weighted by molar-refractivity contribution is 7.17. The summed E-state index contributed by atoms with van der Waals surface area (Å²) >= 11 is 3.28. The topological polar surface area (TPSA) is 66.4 Å². The molecule has 0 atom stereocenters. The summed E-state index contributed by atoms with van der Waals surface area (Å²) in [4.78, 5) is 20.9. The smallest absolute Gasteiger partial charge is 0.276 e. The molecule has 1 aliphatic heterocycles. The van der Waals surface area contributed by atoms with Crippen LogP contribution in [0.1, 0.15) is 5.56 Å². The van der Waals surface area contributed by atoms with Crippen molar-refractivity contribution in [1.29, 1.82) is 0 Å². The number of carbonyl (C=O) groups excluding carboxylic acids is 1. The summed E-state index contributed by atoms with van der Waals surface area (Å²) in [5.74, 6) is 0.225. The average molecular weight is 376 g/mol. The summed E-state index contributed by atoms with van der Waals surface area (Å²) < 4.78 is 2.32. The Kier molecular flexibility index (Phi) is 3.55. The van der Waals surface area contributed by atoms with E-state index < -0.39 is 0 Å². The Morgan fingerprint density at radius 1 is 1.04 bits per heavy atom. The molecule has 0 aliphatic carbocycles. The van der Waals surface area contributed by atoms with Gasteiger partial charge in [0.05, 0.1) is 15.7 Å². The van der Waals surface area contributed by atoms with Crippen molar-refractivity contribution < 1.29 is 4.79 Å². The molecule has 3 heterocycles. The lowest BCUT2D eigenvalue weighted by Crippen LogP contribution is -2.29. The second-order valence-corrected chi connectivity index (χ2v) is 7.66. The maximum Gasteiger partial charge on any atom is 0.276 e. The number of rotatable bonds is 2. The largest absolute Gasteiger partial charge is 0.326 e. The second-order valence-electron chi connectivity index (χ2n) is 5.82. The van der Waals surface area contributed by atoms with Crippen molar-refractivity contribution in [2.75, 3.05) is 5.32 Å². The van der Waals surface area contributed by atoms with E-state index in [4.69, 9.17) is 0 Å². The van der Waals surface area contributed by atoms with E-state index in [1.165, 1.54) is 10.1 Å². The fourth-order valence-corrected chi connectivity index (χ4v) is 4.32. The molecule has 0 unspecified atom stereocenters. The van der Waals surface area contributed by atoms with E-state index in [0.717, 1.165) is 21.5 Å². The number of hydrogen-bond donors (Lipinski definition) is 2. The van der Waals surface area contributed by atoms with E-state index >= 15 is 0 Å².